The number of carbonyl (C=O) groups is 3. The fourth-order valence-corrected chi connectivity index (χ4v) is 10.5. The van der Waals surface area contributed by atoms with Gasteiger partial charge in [-0.15, -0.1) is 11.8 Å². The summed E-state index contributed by atoms with van der Waals surface area (Å²) in [7, 11) is 0. The highest BCUT2D eigenvalue weighted by Gasteiger charge is 2.54. The molecular weight excluding hydrogens is 859 g/mol. The van der Waals surface area contributed by atoms with E-state index in [2.05, 4.69) is 19.8 Å². The molecule has 4 aromatic carbocycles. The van der Waals surface area contributed by atoms with Crippen molar-refractivity contribution in [1.29, 1.82) is 0 Å². The second-order valence-electron chi connectivity index (χ2n) is 16.9. The first kappa shape index (κ1) is 42.6. The Labute approximate surface area is 383 Å². The van der Waals surface area contributed by atoms with Crippen LogP contribution in [-0.4, -0.2) is 43.0 Å². The Morgan fingerprint density at radius 3 is 1.62 bits per heavy atom. The van der Waals surface area contributed by atoms with Crippen molar-refractivity contribution in [3.8, 4) is 45.4 Å². The zero-order chi connectivity index (χ0) is 45.5. The Hall–Kier alpha value is -7.32. The highest BCUT2D eigenvalue weighted by Crippen LogP contribution is 2.63. The molecule has 1 spiro atoms. The number of thioether (sulfide) groups is 1. The Morgan fingerprint density at radius 1 is 0.652 bits per heavy atom. The number of Topliss-reactive ketones (excluding diaryl/α,β-unsaturated/α-hetero) is 1. The van der Waals surface area contributed by atoms with Crippen LogP contribution in [-0.2, 0) is 0 Å². The molecule has 332 valence electrons. The zero-order valence-electron chi connectivity index (χ0n) is 36.1. The van der Waals surface area contributed by atoms with Gasteiger partial charge in [-0.05, 0) is 142 Å². The number of halogens is 2. The van der Waals surface area contributed by atoms with Crippen LogP contribution >= 0.6 is 11.8 Å². The first-order valence-electron chi connectivity index (χ1n) is 21.8. The largest absolute Gasteiger partial charge is 0.449 e. The fourth-order valence-electron chi connectivity index (χ4n) is 10.1. The van der Waals surface area contributed by atoms with Gasteiger partial charge in [-0.1, -0.05) is 31.0 Å². The van der Waals surface area contributed by atoms with E-state index in [1.165, 1.54) is 31.2 Å². The van der Waals surface area contributed by atoms with Crippen LogP contribution < -0.4 is 10.6 Å². The number of anilines is 2. The molecule has 2 fully saturated rings. The summed E-state index contributed by atoms with van der Waals surface area (Å²) in [6, 6.07) is 33.3. The molecule has 4 aromatic heterocycles. The molecule has 11 nitrogen and oxygen atoms in total. The predicted molar refractivity (Wildman–Crippen MR) is 249 cm³/mol. The third-order valence-electron chi connectivity index (χ3n) is 13.0. The van der Waals surface area contributed by atoms with E-state index in [0.29, 0.717) is 62.4 Å². The van der Waals surface area contributed by atoms with Crippen molar-refractivity contribution in [2.45, 2.75) is 62.4 Å². The first-order chi connectivity index (χ1) is 32.1. The van der Waals surface area contributed by atoms with Crippen LogP contribution in [0.25, 0.3) is 45.4 Å². The minimum atomic E-state index is -0.488. The Bertz CT molecular complexity index is 3110. The number of aromatic nitrogens is 4. The number of rotatable bonds is 12. The maximum atomic E-state index is 14.3. The molecule has 0 radical (unpaired) electrons. The van der Waals surface area contributed by atoms with Gasteiger partial charge in [0.25, 0.3) is 11.8 Å². The van der Waals surface area contributed by atoms with Crippen molar-refractivity contribution >= 4 is 40.7 Å². The highest BCUT2D eigenvalue weighted by molar-refractivity contribution is 7.98. The lowest BCUT2D eigenvalue weighted by atomic mass is 9.76. The van der Waals surface area contributed by atoms with E-state index in [9.17, 15) is 23.2 Å². The molecular formula is C52H44F2N6O5S. The molecule has 2 saturated carbocycles. The summed E-state index contributed by atoms with van der Waals surface area (Å²) in [5.74, 6) is -0.705. The van der Waals surface area contributed by atoms with E-state index < -0.39 is 11.8 Å². The van der Waals surface area contributed by atoms with Crippen LogP contribution in [0.1, 0.15) is 89.0 Å². The van der Waals surface area contributed by atoms with Gasteiger partial charge >= 0.3 is 0 Å². The maximum absolute atomic E-state index is 14.3. The van der Waals surface area contributed by atoms with Gasteiger partial charge in [-0.2, -0.15) is 0 Å². The van der Waals surface area contributed by atoms with E-state index in [1.807, 2.05) is 43.2 Å². The number of nitrogens with zero attached hydrogens (tertiary/aromatic N) is 4. The number of imidazole rings is 2. The average molecular weight is 903 g/mol. The lowest BCUT2D eigenvalue weighted by Crippen LogP contribution is -2.33. The Kier molecular flexibility index (Phi) is 11.3. The third kappa shape index (κ3) is 7.95. The standard InChI is InChI=1S/C52H44F2N6O5S/c1-31(61)34-7-3-8-37(27-34)57-50(62)42-23-21-40(64-42)48-46(32-13-17-35(53)18-14-32)55-29-59(48)44-11-5-25-52(44)26-6-12-45(52)60-30-56-47(33-15-19-36(54)20-16-33)49(60)41-22-24-43(65-41)51(63)58-38-9-4-10-39(28-38)66-2/h3-4,7-10,13-24,27-30,44-45H,5-6,11-12,25-26H2,1-2H3,(H,57,62)(H,58,63). The maximum Gasteiger partial charge on any atom is 0.291 e. The number of carbonyl (C=O) groups excluding carboxylic acids is 3. The Balaban J connectivity index is 1.04. The quantitative estimate of drug-likeness (QED) is 0.0913. The molecule has 2 N–H and O–H groups in total. The molecule has 0 aliphatic heterocycles. The molecule has 10 rings (SSSR count). The van der Waals surface area contributed by atoms with Crippen molar-refractivity contribution in [1.82, 2.24) is 19.1 Å². The number of ketones is 1. The summed E-state index contributed by atoms with van der Waals surface area (Å²) >= 11 is 1.58. The molecule has 2 aliphatic rings. The van der Waals surface area contributed by atoms with E-state index in [0.717, 1.165) is 43.4 Å². The lowest BCUT2D eigenvalue weighted by Gasteiger charge is -2.39. The van der Waals surface area contributed by atoms with E-state index in [-0.39, 0.29) is 46.4 Å². The van der Waals surface area contributed by atoms with Gasteiger partial charge in [0, 0.05) is 50.5 Å². The molecule has 0 bridgehead atoms. The van der Waals surface area contributed by atoms with Gasteiger partial charge in [0.1, 0.15) is 23.0 Å². The minimum Gasteiger partial charge on any atom is -0.449 e. The van der Waals surface area contributed by atoms with E-state index >= 15 is 0 Å². The van der Waals surface area contributed by atoms with Crippen molar-refractivity contribution < 1.29 is 32.0 Å². The van der Waals surface area contributed by atoms with Crippen molar-refractivity contribution in [3.63, 3.8) is 0 Å². The van der Waals surface area contributed by atoms with Crippen LogP contribution in [0.3, 0.4) is 0 Å². The molecule has 4 heterocycles. The normalized spacial score (nSPS) is 17.9. The lowest BCUT2D eigenvalue weighted by molar-refractivity contribution is 0.0990. The smallest absolute Gasteiger partial charge is 0.291 e. The highest BCUT2D eigenvalue weighted by atomic mass is 32.2. The molecule has 14 heteroatoms. The van der Waals surface area contributed by atoms with E-state index in [1.54, 1.807) is 84.6 Å². The summed E-state index contributed by atoms with van der Waals surface area (Å²) < 4.78 is 45.8. The minimum absolute atomic E-state index is 0.0623. The molecule has 3 unspecified atom stereocenters. The second-order valence-corrected chi connectivity index (χ2v) is 17.7. The molecule has 8 aromatic rings. The number of hydrogen-bond donors (Lipinski definition) is 2. The Morgan fingerprint density at radius 2 is 1.14 bits per heavy atom. The number of furan rings is 2. The van der Waals surface area contributed by atoms with E-state index in [4.69, 9.17) is 18.8 Å². The molecule has 2 amide bonds. The van der Waals surface area contributed by atoms with Gasteiger partial charge < -0.3 is 28.6 Å². The zero-order valence-corrected chi connectivity index (χ0v) is 36.9. The predicted octanol–water partition coefficient (Wildman–Crippen LogP) is 12.8. The average Bonchev–Trinajstić information content (AvgIpc) is 4.19. The van der Waals surface area contributed by atoms with Crippen LogP contribution in [0.2, 0.25) is 0 Å². The number of nitrogens with one attached hydrogen (secondary N) is 2. The van der Waals surface area contributed by atoms with Crippen LogP contribution in [0.15, 0.2) is 148 Å². The van der Waals surface area contributed by atoms with Crippen LogP contribution in [0, 0.1) is 17.0 Å². The SMILES string of the molecule is CSc1cccc(NC(=O)c2ccc(-c3c(-c4ccc(F)cc4)ncn3C3CCCC34CCCC4n3cnc(-c4ccc(F)cc4)c3-c3ccc(C(=O)Nc4cccc(C(C)=O)c4)o3)o2)c1. The van der Waals surface area contributed by atoms with Gasteiger partial charge in [0.05, 0.1) is 24.0 Å². The van der Waals surface area contributed by atoms with Crippen molar-refractivity contribution in [2.24, 2.45) is 5.41 Å². The van der Waals surface area contributed by atoms with Gasteiger partial charge in [0.2, 0.25) is 0 Å². The number of benzene rings is 4. The van der Waals surface area contributed by atoms with Gasteiger partial charge in [-0.25, -0.2) is 18.7 Å². The molecule has 0 saturated heterocycles. The summed E-state index contributed by atoms with van der Waals surface area (Å²) in [4.78, 5) is 50.2. The topological polar surface area (TPSA) is 137 Å². The van der Waals surface area contributed by atoms with Crippen LogP contribution in [0.4, 0.5) is 20.2 Å². The fraction of sp³-hybridized carbons (Fsp3) is 0.212. The van der Waals surface area contributed by atoms with Crippen LogP contribution in [0.5, 0.6) is 0 Å². The number of hydrogen-bond acceptors (Lipinski definition) is 8. The first-order valence-corrected chi connectivity index (χ1v) is 23.0. The summed E-state index contributed by atoms with van der Waals surface area (Å²) in [6.07, 6.45) is 10.9. The molecule has 66 heavy (non-hydrogen) atoms. The van der Waals surface area contributed by atoms with Gasteiger partial charge in [0.15, 0.2) is 28.8 Å². The third-order valence-corrected chi connectivity index (χ3v) is 13.8. The van der Waals surface area contributed by atoms with Gasteiger partial charge in [-0.3, -0.25) is 14.4 Å². The number of amides is 2. The summed E-state index contributed by atoms with van der Waals surface area (Å²) in [6.45, 7) is 1.47. The molecule has 3 atom stereocenters. The summed E-state index contributed by atoms with van der Waals surface area (Å²) in [5.41, 5.74) is 5.12. The van der Waals surface area contributed by atoms with Crippen molar-refractivity contribution in [3.05, 3.63) is 163 Å². The monoisotopic (exact) mass is 902 g/mol. The van der Waals surface area contributed by atoms with Crippen molar-refractivity contribution in [2.75, 3.05) is 16.9 Å². The summed E-state index contributed by atoms with van der Waals surface area (Å²) in [5, 5.41) is 5.81. The molecule has 2 aliphatic carbocycles. The second kappa shape index (κ2) is 17.6.